The number of para-hydroxylation sites is 1. The first-order chi connectivity index (χ1) is 19.7. The highest BCUT2D eigenvalue weighted by Gasteiger charge is 2.21. The van der Waals surface area contributed by atoms with Crippen LogP contribution in [0.25, 0.3) is 63.8 Å². The van der Waals surface area contributed by atoms with Gasteiger partial charge in [0.1, 0.15) is 10.8 Å². The summed E-state index contributed by atoms with van der Waals surface area (Å²) in [4.78, 5) is 0. The van der Waals surface area contributed by atoms with Gasteiger partial charge in [-0.15, -0.1) is 11.3 Å². The predicted octanol–water partition coefficient (Wildman–Crippen LogP) is 9.24. The fourth-order valence-electron chi connectivity index (χ4n) is 6.18. The zero-order valence-corrected chi connectivity index (χ0v) is 23.3. The average Bonchev–Trinajstić information content (AvgIpc) is 3.14. The molecule has 2 nitrogen and oxygen atoms in total. The van der Waals surface area contributed by atoms with Crippen molar-refractivity contribution in [3.63, 3.8) is 0 Å². The summed E-state index contributed by atoms with van der Waals surface area (Å²) in [6.45, 7) is 4.55. The second kappa shape index (κ2) is 8.97. The topological polar surface area (TPSA) is 8.20 Å². The van der Waals surface area contributed by atoms with Crippen molar-refractivity contribution in [2.75, 3.05) is 0 Å². The zero-order chi connectivity index (χ0) is 26.8. The molecule has 0 bridgehead atoms. The summed E-state index contributed by atoms with van der Waals surface area (Å²) < 4.78 is 7.33. The van der Waals surface area contributed by atoms with Crippen LogP contribution in [0.15, 0.2) is 128 Å². The molecule has 8 rings (SSSR count). The third kappa shape index (κ3) is 3.48. The van der Waals surface area contributed by atoms with Crippen molar-refractivity contribution >= 4 is 75.1 Å². The number of rotatable bonds is 1. The third-order valence-corrected chi connectivity index (χ3v) is 9.33. The molecule has 0 aliphatic carbocycles. The Morgan fingerprint density at radius 1 is 0.450 bits per heavy atom. The summed E-state index contributed by atoms with van der Waals surface area (Å²) in [5, 5.41) is 7.60. The van der Waals surface area contributed by atoms with E-state index in [1.807, 2.05) is 11.3 Å². The molecule has 0 spiro atoms. The maximum atomic E-state index is 2.44. The Morgan fingerprint density at radius 3 is 1.82 bits per heavy atom. The van der Waals surface area contributed by atoms with Crippen LogP contribution in [-0.4, -0.2) is 0 Å². The Kier molecular flexibility index (Phi) is 5.23. The number of benzene rings is 4. The normalized spacial score (nSPS) is 12.0. The van der Waals surface area contributed by atoms with E-state index in [1.165, 1.54) is 69.3 Å². The molecule has 4 heterocycles. The highest BCUT2D eigenvalue weighted by molar-refractivity contribution is 7.24. The monoisotopic (exact) mass is 532 g/mol. The maximum absolute atomic E-state index is 2.44. The number of pyridine rings is 2. The van der Waals surface area contributed by atoms with Crippen LogP contribution in [0.1, 0.15) is 25.3 Å². The molecule has 0 N–H and O–H groups in total. The number of fused-ring (bicyclic) bond motifs is 13. The smallest absolute Gasteiger partial charge is 0.159 e. The molecule has 0 aliphatic rings. The number of hydrogen-bond donors (Lipinski definition) is 0. The Labute approximate surface area is 236 Å². The largest absolute Gasteiger partial charge is 0.226 e. The van der Waals surface area contributed by atoms with E-state index in [2.05, 4.69) is 150 Å². The van der Waals surface area contributed by atoms with E-state index in [0.29, 0.717) is 5.92 Å². The first-order valence-electron chi connectivity index (χ1n) is 13.9. The van der Waals surface area contributed by atoms with E-state index in [9.17, 15) is 0 Å². The van der Waals surface area contributed by atoms with Crippen LogP contribution >= 0.6 is 11.3 Å². The summed E-state index contributed by atoms with van der Waals surface area (Å²) in [7, 11) is 0. The number of aromatic nitrogens is 2. The van der Waals surface area contributed by atoms with Crippen molar-refractivity contribution in [3.8, 4) is 0 Å². The van der Waals surface area contributed by atoms with Crippen molar-refractivity contribution < 1.29 is 8.80 Å². The second-order valence-electron chi connectivity index (χ2n) is 10.9. The van der Waals surface area contributed by atoms with Gasteiger partial charge in [-0.1, -0.05) is 68.4 Å². The third-order valence-electron chi connectivity index (χ3n) is 8.19. The van der Waals surface area contributed by atoms with Crippen molar-refractivity contribution in [1.82, 2.24) is 0 Å². The maximum Gasteiger partial charge on any atom is 0.226 e. The van der Waals surface area contributed by atoms with Gasteiger partial charge in [-0.2, -0.15) is 8.80 Å². The Morgan fingerprint density at radius 2 is 1.05 bits per heavy atom. The molecule has 4 aromatic heterocycles. The quantitative estimate of drug-likeness (QED) is 0.186. The fourth-order valence-corrected chi connectivity index (χ4v) is 7.30. The summed E-state index contributed by atoms with van der Waals surface area (Å²) in [5.41, 5.74) is 6.12. The van der Waals surface area contributed by atoms with E-state index in [-0.39, 0.29) is 0 Å². The first-order valence-corrected chi connectivity index (χ1v) is 14.7. The second-order valence-corrected chi connectivity index (χ2v) is 11.9. The summed E-state index contributed by atoms with van der Waals surface area (Å²) in [6, 6.07) is 42.5. The SMILES string of the molecule is CC(C)c1cc[n+]2c3ccccc3c3cccc[n+]3c3cc4sc5ccccc5c5ccccc5c4cc3c2c1. The molecule has 0 saturated carbocycles. The first kappa shape index (κ1) is 23.3. The molecule has 8 aromatic rings. The molecule has 0 radical (unpaired) electrons. The van der Waals surface area contributed by atoms with E-state index in [1.54, 1.807) is 0 Å². The van der Waals surface area contributed by atoms with Gasteiger partial charge >= 0.3 is 0 Å². The van der Waals surface area contributed by atoms with Gasteiger partial charge in [0.25, 0.3) is 0 Å². The van der Waals surface area contributed by atoms with Gasteiger partial charge < -0.3 is 0 Å². The minimum absolute atomic E-state index is 0.432. The van der Waals surface area contributed by atoms with Gasteiger partial charge in [-0.3, -0.25) is 0 Å². The lowest BCUT2D eigenvalue weighted by Crippen LogP contribution is -2.27. The Hall–Kier alpha value is -4.60. The van der Waals surface area contributed by atoms with Crippen LogP contribution in [0, 0.1) is 0 Å². The lowest BCUT2D eigenvalue weighted by Gasteiger charge is -2.06. The van der Waals surface area contributed by atoms with Gasteiger partial charge in [0.15, 0.2) is 12.4 Å². The van der Waals surface area contributed by atoms with Crippen LogP contribution in [0.5, 0.6) is 0 Å². The predicted molar refractivity (Wildman–Crippen MR) is 170 cm³/mol. The highest BCUT2D eigenvalue weighted by Crippen LogP contribution is 2.36. The molecule has 0 saturated heterocycles. The fraction of sp³-hybridized carbons (Fsp3) is 0.0811. The van der Waals surface area contributed by atoms with Gasteiger partial charge in [-0.25, -0.2) is 0 Å². The summed E-state index contributed by atoms with van der Waals surface area (Å²) in [5.74, 6) is 0.432. The summed E-state index contributed by atoms with van der Waals surface area (Å²) in [6.07, 6.45) is 4.47. The highest BCUT2D eigenvalue weighted by atomic mass is 32.1. The zero-order valence-electron chi connectivity index (χ0n) is 22.5. The number of nitrogens with zero attached hydrogens (tertiary/aromatic N) is 2. The van der Waals surface area contributed by atoms with Crippen molar-refractivity contribution in [1.29, 1.82) is 0 Å². The van der Waals surface area contributed by atoms with Gasteiger partial charge in [0.05, 0.1) is 0 Å². The number of hydrogen-bond acceptors (Lipinski definition) is 1. The average molecular weight is 533 g/mol. The minimum atomic E-state index is 0.432. The van der Waals surface area contributed by atoms with Crippen LogP contribution in [-0.2, 0) is 0 Å². The molecular formula is C37H28N2S+2. The Bertz CT molecular complexity index is 2360. The van der Waals surface area contributed by atoms with Gasteiger partial charge in [0.2, 0.25) is 22.1 Å². The van der Waals surface area contributed by atoms with Crippen LogP contribution in [0.4, 0.5) is 0 Å². The molecule has 0 fully saturated rings. The standard InChI is InChI=1S/C37H28N2S/c1-24(2)25-18-20-39-33-15-7-5-14-29(33)32-16-9-10-19-38(32)35-23-37-30(22-31(35)34(39)21-25)27-12-4-3-11-26(27)28-13-6-8-17-36(28)40-37/h3-24H,1-2H3/q+2. The van der Waals surface area contributed by atoms with Crippen molar-refractivity contribution in [3.05, 3.63) is 133 Å². The van der Waals surface area contributed by atoms with E-state index < -0.39 is 0 Å². The van der Waals surface area contributed by atoms with E-state index in [4.69, 9.17) is 0 Å². The van der Waals surface area contributed by atoms with Crippen LogP contribution in [0.2, 0.25) is 0 Å². The van der Waals surface area contributed by atoms with E-state index in [0.717, 1.165) is 0 Å². The van der Waals surface area contributed by atoms with E-state index >= 15 is 0 Å². The molecule has 0 atom stereocenters. The molecule has 4 aromatic carbocycles. The molecule has 0 amide bonds. The minimum Gasteiger partial charge on any atom is -0.159 e. The Balaban J connectivity index is 1.75. The molecule has 190 valence electrons. The molecule has 3 heteroatoms. The van der Waals surface area contributed by atoms with Crippen LogP contribution < -0.4 is 8.80 Å². The summed E-state index contributed by atoms with van der Waals surface area (Å²) >= 11 is 1.87. The molecule has 0 unspecified atom stereocenters. The van der Waals surface area contributed by atoms with Crippen molar-refractivity contribution in [2.45, 2.75) is 19.8 Å². The van der Waals surface area contributed by atoms with Gasteiger partial charge in [0, 0.05) is 51.2 Å². The van der Waals surface area contributed by atoms with Crippen molar-refractivity contribution in [2.24, 2.45) is 0 Å². The molecule has 40 heavy (non-hydrogen) atoms. The molecule has 0 aliphatic heterocycles. The lowest BCUT2D eigenvalue weighted by atomic mass is 10.0. The van der Waals surface area contributed by atoms with Gasteiger partial charge in [-0.05, 0) is 51.9 Å². The van der Waals surface area contributed by atoms with Crippen LogP contribution in [0.3, 0.4) is 0 Å². The molecular weight excluding hydrogens is 504 g/mol. The lowest BCUT2D eigenvalue weighted by molar-refractivity contribution is -0.488.